The minimum atomic E-state index is 0.908. The molecule has 178 valence electrons. The van der Waals surface area contributed by atoms with Gasteiger partial charge in [-0.05, 0) is 84.4 Å². The van der Waals surface area contributed by atoms with Gasteiger partial charge in [0.25, 0.3) is 0 Å². The molecule has 30 heavy (non-hydrogen) atoms. The van der Waals surface area contributed by atoms with Crippen molar-refractivity contribution in [3.05, 3.63) is 0 Å². The summed E-state index contributed by atoms with van der Waals surface area (Å²) in [6.07, 6.45) is 15.0. The van der Waals surface area contributed by atoms with Gasteiger partial charge in [-0.25, -0.2) is 0 Å². The van der Waals surface area contributed by atoms with E-state index in [1.54, 1.807) is 25.7 Å². The molecule has 0 heteroatoms. The summed E-state index contributed by atoms with van der Waals surface area (Å²) in [6, 6.07) is 0. The molecule has 0 amide bonds. The Kier molecular flexibility index (Phi) is 10.8. The van der Waals surface area contributed by atoms with E-state index in [4.69, 9.17) is 0 Å². The van der Waals surface area contributed by atoms with Gasteiger partial charge in [-0.1, -0.05) is 107 Å². The third-order valence-corrected chi connectivity index (χ3v) is 10.7. The van der Waals surface area contributed by atoms with E-state index in [-0.39, 0.29) is 0 Å². The number of fused-ring (bicyclic) bond motifs is 1. The Morgan fingerprint density at radius 1 is 0.733 bits per heavy atom. The first-order valence-electron chi connectivity index (χ1n) is 14.2. The predicted octanol–water partition coefficient (Wildman–Crippen LogP) is 9.87. The lowest BCUT2D eigenvalue weighted by molar-refractivity contribution is 0.0302. The highest BCUT2D eigenvalue weighted by Gasteiger charge is 2.42. The first kappa shape index (κ1) is 26.3. The average molecular weight is 419 g/mol. The highest BCUT2D eigenvalue weighted by atomic mass is 14.5. The van der Waals surface area contributed by atoms with Crippen LogP contribution in [-0.4, -0.2) is 0 Å². The second-order valence-electron chi connectivity index (χ2n) is 12.7. The van der Waals surface area contributed by atoms with Crippen molar-refractivity contribution in [3.8, 4) is 0 Å². The lowest BCUT2D eigenvalue weighted by Crippen LogP contribution is -2.39. The normalized spacial score (nSPS) is 40.2. The Morgan fingerprint density at radius 2 is 1.30 bits per heavy atom. The van der Waals surface area contributed by atoms with Crippen molar-refractivity contribution in [3.63, 3.8) is 0 Å². The zero-order chi connectivity index (χ0) is 22.4. The molecule has 0 saturated heterocycles. The van der Waals surface area contributed by atoms with E-state index in [1.807, 2.05) is 0 Å². The van der Waals surface area contributed by atoms with E-state index < -0.39 is 0 Å². The zero-order valence-corrected chi connectivity index (χ0v) is 22.4. The summed E-state index contributed by atoms with van der Waals surface area (Å²) >= 11 is 0. The average Bonchev–Trinajstić information content (AvgIpc) is 3.23. The van der Waals surface area contributed by atoms with Gasteiger partial charge in [0, 0.05) is 0 Å². The molecule has 6 unspecified atom stereocenters. The molecule has 0 aromatic heterocycles. The summed E-state index contributed by atoms with van der Waals surface area (Å²) in [5.41, 5.74) is 0. The van der Waals surface area contributed by atoms with Crippen LogP contribution in [0, 0.1) is 65.1 Å². The van der Waals surface area contributed by atoms with Crippen LogP contribution in [0.15, 0.2) is 0 Å². The van der Waals surface area contributed by atoms with Crippen LogP contribution < -0.4 is 0 Å². The van der Waals surface area contributed by atoms with Crippen LogP contribution in [0.25, 0.3) is 0 Å². The fourth-order valence-corrected chi connectivity index (χ4v) is 7.33. The van der Waals surface area contributed by atoms with Crippen molar-refractivity contribution in [1.29, 1.82) is 0 Å². The molecule has 0 radical (unpaired) electrons. The summed E-state index contributed by atoms with van der Waals surface area (Å²) in [6.45, 7) is 21.7. The molecule has 0 aliphatic heterocycles. The summed E-state index contributed by atoms with van der Waals surface area (Å²) in [5.74, 6) is 11.0. The van der Waals surface area contributed by atoms with E-state index in [0.717, 1.165) is 65.1 Å². The maximum Gasteiger partial charge on any atom is -0.0355 e. The number of unbranched alkanes of at least 4 members (excludes halogenated alkanes) is 1. The van der Waals surface area contributed by atoms with Crippen molar-refractivity contribution < 1.29 is 0 Å². The Labute approximate surface area is 191 Å². The molecule has 3 rings (SSSR count). The van der Waals surface area contributed by atoms with Crippen molar-refractivity contribution >= 4 is 0 Å². The lowest BCUT2D eigenvalue weighted by atomic mass is 9.60. The summed E-state index contributed by atoms with van der Waals surface area (Å²) in [7, 11) is 0. The highest BCUT2D eigenvalue weighted by Crippen LogP contribution is 2.51. The van der Waals surface area contributed by atoms with Crippen molar-refractivity contribution in [2.75, 3.05) is 0 Å². The molecule has 6 atom stereocenters. The largest absolute Gasteiger partial charge is 0.0651 e. The van der Waals surface area contributed by atoms with Gasteiger partial charge in [0.05, 0.1) is 0 Å². The van der Waals surface area contributed by atoms with Crippen LogP contribution in [0.1, 0.15) is 127 Å². The van der Waals surface area contributed by atoms with Crippen LogP contribution in [0.5, 0.6) is 0 Å². The molecule has 0 spiro atoms. The van der Waals surface area contributed by atoms with Gasteiger partial charge in [-0.2, -0.15) is 0 Å². The molecular weight excluding hydrogens is 360 g/mol. The molecule has 0 N–H and O–H groups in total. The minimum Gasteiger partial charge on any atom is -0.0651 e. The van der Waals surface area contributed by atoms with E-state index in [2.05, 4.69) is 62.3 Å². The van der Waals surface area contributed by atoms with Gasteiger partial charge >= 0.3 is 0 Å². The second-order valence-corrected chi connectivity index (χ2v) is 12.7. The first-order valence-corrected chi connectivity index (χ1v) is 14.2. The Balaban J connectivity index is 0.000000335. The van der Waals surface area contributed by atoms with Gasteiger partial charge in [0.1, 0.15) is 0 Å². The predicted molar refractivity (Wildman–Crippen MR) is 136 cm³/mol. The van der Waals surface area contributed by atoms with Gasteiger partial charge in [-0.3, -0.25) is 0 Å². The molecule has 0 aromatic rings. The van der Waals surface area contributed by atoms with Crippen LogP contribution in [0.4, 0.5) is 0 Å². The van der Waals surface area contributed by atoms with Gasteiger partial charge in [-0.15, -0.1) is 0 Å². The minimum absolute atomic E-state index is 0.908. The van der Waals surface area contributed by atoms with Crippen LogP contribution in [0.2, 0.25) is 0 Å². The molecule has 0 nitrogen and oxygen atoms in total. The fraction of sp³-hybridized carbons (Fsp3) is 1.00. The third kappa shape index (κ3) is 6.75. The molecule has 3 saturated carbocycles. The topological polar surface area (TPSA) is 0 Å². The SMILES string of the molecule is CC1C(C)C(C)C1C.CCC(C)CCCCC(C)C1CC2CCCC2C(C(C)C)C1. The van der Waals surface area contributed by atoms with Gasteiger partial charge < -0.3 is 0 Å². The Morgan fingerprint density at radius 3 is 1.83 bits per heavy atom. The first-order chi connectivity index (χ1) is 14.2. The van der Waals surface area contributed by atoms with Crippen LogP contribution in [-0.2, 0) is 0 Å². The molecule has 0 heterocycles. The summed E-state index contributed by atoms with van der Waals surface area (Å²) in [4.78, 5) is 0. The van der Waals surface area contributed by atoms with Crippen molar-refractivity contribution in [1.82, 2.24) is 0 Å². The monoisotopic (exact) mass is 418 g/mol. The van der Waals surface area contributed by atoms with Crippen molar-refractivity contribution in [2.45, 2.75) is 127 Å². The second kappa shape index (κ2) is 12.3. The van der Waals surface area contributed by atoms with E-state index in [0.29, 0.717) is 0 Å². The maximum atomic E-state index is 2.57. The van der Waals surface area contributed by atoms with E-state index in [1.165, 1.54) is 38.5 Å². The van der Waals surface area contributed by atoms with E-state index >= 15 is 0 Å². The molecular formula is C30H58. The summed E-state index contributed by atoms with van der Waals surface area (Å²) < 4.78 is 0. The molecule has 3 aliphatic rings. The number of hydrogen-bond acceptors (Lipinski definition) is 0. The molecule has 0 aromatic carbocycles. The lowest BCUT2D eigenvalue weighted by Gasteiger charge is -2.45. The number of rotatable bonds is 8. The van der Waals surface area contributed by atoms with E-state index in [9.17, 15) is 0 Å². The van der Waals surface area contributed by atoms with Crippen molar-refractivity contribution in [2.24, 2.45) is 65.1 Å². The quantitative estimate of drug-likeness (QED) is 0.344. The fourth-order valence-electron chi connectivity index (χ4n) is 7.33. The number of hydrogen-bond donors (Lipinski definition) is 0. The standard InChI is InChI=1S/C22H42.C8H16/c1-6-17(4)10-7-8-11-18(5)20-14-19-12-9-13-21(19)22(15-20)16(2)3;1-5-6(2)8(4)7(5)3/h16-22H,6-15H2,1-5H3;5-8H,1-4H3. The van der Waals surface area contributed by atoms with Crippen LogP contribution >= 0.6 is 0 Å². The van der Waals surface area contributed by atoms with Crippen LogP contribution in [0.3, 0.4) is 0 Å². The third-order valence-electron chi connectivity index (χ3n) is 10.7. The highest BCUT2D eigenvalue weighted by molar-refractivity contribution is 4.92. The summed E-state index contributed by atoms with van der Waals surface area (Å²) in [5, 5.41) is 0. The van der Waals surface area contributed by atoms with Gasteiger partial charge in [0.15, 0.2) is 0 Å². The molecule has 0 bridgehead atoms. The zero-order valence-electron chi connectivity index (χ0n) is 22.4. The maximum absolute atomic E-state index is 2.57. The molecule has 3 aliphatic carbocycles. The Bertz CT molecular complexity index is 433. The smallest absolute Gasteiger partial charge is 0.0355 e. The Hall–Kier alpha value is 0. The van der Waals surface area contributed by atoms with Gasteiger partial charge in [0.2, 0.25) is 0 Å². The molecule has 3 fully saturated rings.